The van der Waals surface area contributed by atoms with E-state index >= 15 is 0 Å². The molecule has 2 aromatic rings. The van der Waals surface area contributed by atoms with Crippen LogP contribution in [0.4, 0.5) is 0 Å². The molecule has 0 N–H and O–H groups in total. The Kier molecular flexibility index (Phi) is 3.13. The third kappa shape index (κ3) is 2.08. The van der Waals surface area contributed by atoms with Gasteiger partial charge in [-0.25, -0.2) is 4.68 Å². The molecule has 86 valence electrons. The zero-order valence-corrected chi connectivity index (χ0v) is 9.24. The molecule has 0 fully saturated rings. The zero-order chi connectivity index (χ0) is 13.0. The van der Waals surface area contributed by atoms with Crippen molar-refractivity contribution in [3.05, 3.63) is 52.2 Å². The Morgan fingerprint density at radius 1 is 1.33 bits per heavy atom. The monoisotopic (exact) mass is 237 g/mol. The second-order valence-corrected chi connectivity index (χ2v) is 3.54. The fourth-order valence-electron chi connectivity index (χ4n) is 1.56. The smallest absolute Gasteiger partial charge is 0.106 e. The number of nitroso groups, excluding NO2 is 1. The van der Waals surface area contributed by atoms with Crippen molar-refractivity contribution in [1.29, 1.82) is 10.5 Å². The van der Waals surface area contributed by atoms with E-state index < -0.39 is 0 Å². The Hall–Kier alpha value is -2.99. The standard InChI is InChI=1S/C12H7N5O/c13-4-10-6-15-17(8-10)12-2-1-9(7-16-18)3-11(12)5-14/h1-3,6,8H,7H2. The summed E-state index contributed by atoms with van der Waals surface area (Å²) in [5, 5.41) is 24.6. The molecule has 18 heavy (non-hydrogen) atoms. The first-order valence-corrected chi connectivity index (χ1v) is 5.05. The van der Waals surface area contributed by atoms with Gasteiger partial charge in [0.15, 0.2) is 0 Å². The average Bonchev–Trinajstić information content (AvgIpc) is 2.87. The van der Waals surface area contributed by atoms with E-state index in [1.165, 1.54) is 17.1 Å². The van der Waals surface area contributed by atoms with Crippen LogP contribution in [0.5, 0.6) is 0 Å². The van der Waals surface area contributed by atoms with Gasteiger partial charge in [0.05, 0.1) is 23.0 Å². The Bertz CT molecular complexity index is 675. The lowest BCUT2D eigenvalue weighted by molar-refractivity contribution is 0.875. The van der Waals surface area contributed by atoms with Gasteiger partial charge in [-0.1, -0.05) is 11.2 Å². The van der Waals surface area contributed by atoms with E-state index in [1.807, 2.05) is 12.1 Å². The van der Waals surface area contributed by atoms with Crippen molar-refractivity contribution in [3.63, 3.8) is 0 Å². The lowest BCUT2D eigenvalue weighted by atomic mass is 10.1. The fourth-order valence-corrected chi connectivity index (χ4v) is 1.56. The third-order valence-corrected chi connectivity index (χ3v) is 2.39. The van der Waals surface area contributed by atoms with E-state index in [2.05, 4.69) is 10.3 Å². The highest BCUT2D eigenvalue weighted by atomic mass is 16.3. The van der Waals surface area contributed by atoms with Crippen LogP contribution in [0.15, 0.2) is 35.8 Å². The van der Waals surface area contributed by atoms with Crippen LogP contribution in [0.2, 0.25) is 0 Å². The van der Waals surface area contributed by atoms with Crippen molar-refractivity contribution in [3.8, 4) is 17.8 Å². The van der Waals surface area contributed by atoms with Crippen molar-refractivity contribution in [2.75, 3.05) is 0 Å². The summed E-state index contributed by atoms with van der Waals surface area (Å²) in [5.41, 5.74) is 2.02. The maximum atomic E-state index is 10.2. The Morgan fingerprint density at radius 3 is 2.78 bits per heavy atom. The van der Waals surface area contributed by atoms with Crippen molar-refractivity contribution in [2.45, 2.75) is 6.54 Å². The van der Waals surface area contributed by atoms with Crippen LogP contribution in [-0.2, 0) is 6.54 Å². The van der Waals surface area contributed by atoms with Gasteiger partial charge < -0.3 is 0 Å². The first-order chi connectivity index (χ1) is 8.78. The summed E-state index contributed by atoms with van der Waals surface area (Å²) in [4.78, 5) is 10.2. The van der Waals surface area contributed by atoms with E-state index in [0.29, 0.717) is 22.4 Å². The second kappa shape index (κ2) is 4.89. The predicted octanol–water partition coefficient (Wildman–Crippen LogP) is 1.88. The van der Waals surface area contributed by atoms with Gasteiger partial charge in [0.25, 0.3) is 0 Å². The second-order valence-electron chi connectivity index (χ2n) is 3.54. The van der Waals surface area contributed by atoms with E-state index in [0.717, 1.165) is 0 Å². The molecule has 0 radical (unpaired) electrons. The van der Waals surface area contributed by atoms with Crippen molar-refractivity contribution >= 4 is 0 Å². The summed E-state index contributed by atoms with van der Waals surface area (Å²) in [7, 11) is 0. The van der Waals surface area contributed by atoms with Crippen molar-refractivity contribution < 1.29 is 0 Å². The average molecular weight is 237 g/mol. The molecule has 0 bridgehead atoms. The molecule has 0 saturated heterocycles. The lowest BCUT2D eigenvalue weighted by Gasteiger charge is -2.04. The van der Waals surface area contributed by atoms with Gasteiger partial charge in [0, 0.05) is 6.20 Å². The molecule has 0 saturated carbocycles. The maximum Gasteiger partial charge on any atom is 0.106 e. The van der Waals surface area contributed by atoms with Crippen LogP contribution in [0, 0.1) is 27.6 Å². The lowest BCUT2D eigenvalue weighted by Crippen LogP contribution is -1.98. The topological polar surface area (TPSA) is 94.8 Å². The van der Waals surface area contributed by atoms with Gasteiger partial charge in [0.1, 0.15) is 18.7 Å². The van der Waals surface area contributed by atoms with Crippen LogP contribution >= 0.6 is 0 Å². The molecule has 6 heteroatoms. The number of benzene rings is 1. The number of nitriles is 2. The molecule has 0 aliphatic rings. The highest BCUT2D eigenvalue weighted by Gasteiger charge is 2.07. The molecule has 0 atom stereocenters. The molecule has 0 amide bonds. The van der Waals surface area contributed by atoms with E-state index in [-0.39, 0.29) is 6.54 Å². The van der Waals surface area contributed by atoms with Gasteiger partial charge in [0.2, 0.25) is 0 Å². The number of nitrogens with zero attached hydrogens (tertiary/aromatic N) is 5. The summed E-state index contributed by atoms with van der Waals surface area (Å²) in [6.45, 7) is 0.0253. The molecule has 2 rings (SSSR count). The first kappa shape index (κ1) is 11.5. The number of hydrogen-bond acceptors (Lipinski definition) is 5. The van der Waals surface area contributed by atoms with Crippen LogP contribution in [0.1, 0.15) is 16.7 Å². The Balaban J connectivity index is 2.48. The number of aromatic nitrogens is 2. The summed E-state index contributed by atoms with van der Waals surface area (Å²) in [5.74, 6) is 0. The van der Waals surface area contributed by atoms with Crippen LogP contribution in [-0.4, -0.2) is 9.78 Å². The summed E-state index contributed by atoms with van der Waals surface area (Å²) >= 11 is 0. The molecule has 6 nitrogen and oxygen atoms in total. The third-order valence-electron chi connectivity index (χ3n) is 2.39. The maximum absolute atomic E-state index is 10.2. The van der Waals surface area contributed by atoms with E-state index in [9.17, 15) is 4.91 Å². The van der Waals surface area contributed by atoms with Crippen LogP contribution in [0.3, 0.4) is 0 Å². The minimum atomic E-state index is 0.0253. The van der Waals surface area contributed by atoms with Crippen LogP contribution < -0.4 is 0 Å². The van der Waals surface area contributed by atoms with Gasteiger partial charge >= 0.3 is 0 Å². The van der Waals surface area contributed by atoms with Crippen LogP contribution in [0.25, 0.3) is 5.69 Å². The predicted molar refractivity (Wildman–Crippen MR) is 62.5 cm³/mol. The Morgan fingerprint density at radius 2 is 2.17 bits per heavy atom. The molecule has 0 unspecified atom stereocenters. The minimum Gasteiger partial charge on any atom is -0.238 e. The minimum absolute atomic E-state index is 0.0253. The molecular weight excluding hydrogens is 230 g/mol. The number of rotatable bonds is 3. The van der Waals surface area contributed by atoms with Crippen molar-refractivity contribution in [1.82, 2.24) is 9.78 Å². The molecule has 0 aliphatic carbocycles. The fraction of sp³-hybridized carbons (Fsp3) is 0.0833. The summed E-state index contributed by atoms with van der Waals surface area (Å²) < 4.78 is 1.45. The first-order valence-electron chi connectivity index (χ1n) is 5.05. The SMILES string of the molecule is N#Cc1cnn(-c2ccc(CN=O)cc2C#N)c1. The Labute approximate surface area is 103 Å². The summed E-state index contributed by atoms with van der Waals surface area (Å²) in [6.07, 6.45) is 2.95. The van der Waals surface area contributed by atoms with Gasteiger partial charge in [-0.05, 0) is 17.7 Å². The van der Waals surface area contributed by atoms with Gasteiger partial charge in [-0.2, -0.15) is 20.5 Å². The molecule has 0 spiro atoms. The number of hydrogen-bond donors (Lipinski definition) is 0. The zero-order valence-electron chi connectivity index (χ0n) is 9.24. The largest absolute Gasteiger partial charge is 0.238 e. The molecule has 1 aromatic heterocycles. The van der Waals surface area contributed by atoms with Gasteiger partial charge in [-0.15, -0.1) is 0 Å². The quantitative estimate of drug-likeness (QED) is 0.761. The summed E-state index contributed by atoms with van der Waals surface area (Å²) in [6, 6.07) is 8.96. The van der Waals surface area contributed by atoms with Gasteiger partial charge in [-0.3, -0.25) is 0 Å². The highest BCUT2D eigenvalue weighted by Crippen LogP contribution is 2.16. The normalized spacial score (nSPS) is 9.44. The van der Waals surface area contributed by atoms with E-state index in [4.69, 9.17) is 10.5 Å². The van der Waals surface area contributed by atoms with E-state index in [1.54, 1.807) is 18.2 Å². The highest BCUT2D eigenvalue weighted by molar-refractivity contribution is 5.50. The van der Waals surface area contributed by atoms with Crippen molar-refractivity contribution in [2.24, 2.45) is 5.18 Å². The molecule has 1 aromatic carbocycles. The molecule has 1 heterocycles. The molecular formula is C12H7N5O. The molecule has 0 aliphatic heterocycles.